The first kappa shape index (κ1) is 14.9. The van der Waals surface area contributed by atoms with Crippen molar-refractivity contribution in [2.75, 3.05) is 18.5 Å². The molecule has 0 heterocycles. The summed E-state index contributed by atoms with van der Waals surface area (Å²) in [5.41, 5.74) is -0.165. The number of nitrogens with one attached hydrogen (secondary N) is 2. The Hall–Kier alpha value is -2.15. The van der Waals surface area contributed by atoms with Crippen molar-refractivity contribution in [1.82, 2.24) is 5.32 Å². The highest BCUT2D eigenvalue weighted by Crippen LogP contribution is 2.17. The van der Waals surface area contributed by atoms with Crippen LogP contribution >= 0.6 is 0 Å². The number of anilines is 1. The van der Waals surface area contributed by atoms with Crippen LogP contribution in [0.3, 0.4) is 0 Å². The molecule has 0 radical (unpaired) electrons. The van der Waals surface area contributed by atoms with Gasteiger partial charge in [0.25, 0.3) is 5.69 Å². The highest BCUT2D eigenvalue weighted by molar-refractivity contribution is 5.89. The fraction of sp³-hybridized carbons (Fsp3) is 0.417. The van der Waals surface area contributed by atoms with Crippen molar-refractivity contribution in [3.8, 4) is 0 Å². The van der Waals surface area contributed by atoms with Gasteiger partial charge in [0.15, 0.2) is 0 Å². The van der Waals surface area contributed by atoms with Gasteiger partial charge in [-0.05, 0) is 6.07 Å². The Kier molecular flexibility index (Phi) is 4.82. The van der Waals surface area contributed by atoms with Crippen LogP contribution in [0.4, 0.5) is 16.2 Å². The zero-order valence-electron chi connectivity index (χ0n) is 10.8. The highest BCUT2D eigenvalue weighted by atomic mass is 16.6. The number of non-ortho nitro benzene ring substituents is 1. The van der Waals surface area contributed by atoms with Gasteiger partial charge < -0.3 is 15.7 Å². The van der Waals surface area contributed by atoms with Crippen LogP contribution in [-0.2, 0) is 0 Å². The summed E-state index contributed by atoms with van der Waals surface area (Å²) in [6.07, 6.45) is 0. The van der Waals surface area contributed by atoms with Crippen LogP contribution in [0.2, 0.25) is 0 Å². The van der Waals surface area contributed by atoms with E-state index in [1.165, 1.54) is 18.2 Å². The molecule has 0 saturated carbocycles. The lowest BCUT2D eigenvalue weighted by molar-refractivity contribution is -0.384. The number of rotatable bonds is 5. The molecule has 104 valence electrons. The van der Waals surface area contributed by atoms with Gasteiger partial charge >= 0.3 is 6.03 Å². The molecule has 0 atom stereocenters. The van der Waals surface area contributed by atoms with Crippen molar-refractivity contribution in [3.63, 3.8) is 0 Å². The van der Waals surface area contributed by atoms with Crippen molar-refractivity contribution in [2.45, 2.75) is 13.8 Å². The lowest BCUT2D eigenvalue weighted by Crippen LogP contribution is -2.38. The van der Waals surface area contributed by atoms with Gasteiger partial charge in [0, 0.05) is 36.4 Å². The first-order valence-corrected chi connectivity index (χ1v) is 5.74. The Labute approximate surface area is 110 Å². The molecule has 0 fully saturated rings. The Balaban J connectivity index is 2.58. The monoisotopic (exact) mass is 267 g/mol. The van der Waals surface area contributed by atoms with Gasteiger partial charge in [0.2, 0.25) is 0 Å². The number of nitrogens with zero attached hydrogens (tertiary/aromatic N) is 1. The molecule has 0 unspecified atom stereocenters. The van der Waals surface area contributed by atoms with Gasteiger partial charge in [-0.2, -0.15) is 0 Å². The lowest BCUT2D eigenvalue weighted by atomic mass is 9.95. The zero-order valence-corrected chi connectivity index (χ0v) is 10.8. The molecule has 0 spiro atoms. The second kappa shape index (κ2) is 6.14. The molecule has 3 N–H and O–H groups in total. The van der Waals surface area contributed by atoms with Gasteiger partial charge in [-0.3, -0.25) is 10.1 Å². The minimum atomic E-state index is -0.530. The van der Waals surface area contributed by atoms with Gasteiger partial charge in [-0.15, -0.1) is 0 Å². The third kappa shape index (κ3) is 4.92. The number of hydrogen-bond acceptors (Lipinski definition) is 4. The van der Waals surface area contributed by atoms with E-state index in [1.54, 1.807) is 19.9 Å². The Morgan fingerprint density at radius 3 is 2.74 bits per heavy atom. The van der Waals surface area contributed by atoms with Crippen molar-refractivity contribution < 1.29 is 14.8 Å². The lowest BCUT2D eigenvalue weighted by Gasteiger charge is -2.21. The van der Waals surface area contributed by atoms with Crippen molar-refractivity contribution >= 4 is 17.4 Å². The number of nitro benzene ring substituents is 1. The van der Waals surface area contributed by atoms with E-state index in [9.17, 15) is 14.9 Å². The third-order valence-corrected chi connectivity index (χ3v) is 2.47. The second-order valence-electron chi connectivity index (χ2n) is 4.94. The molecule has 19 heavy (non-hydrogen) atoms. The van der Waals surface area contributed by atoms with E-state index in [-0.39, 0.29) is 12.3 Å². The molecule has 0 aliphatic heterocycles. The summed E-state index contributed by atoms with van der Waals surface area (Å²) in [6.45, 7) is 3.86. The van der Waals surface area contributed by atoms with E-state index in [1.807, 2.05) is 0 Å². The van der Waals surface area contributed by atoms with Gasteiger partial charge in [-0.25, -0.2) is 4.79 Å². The summed E-state index contributed by atoms with van der Waals surface area (Å²) in [5.74, 6) is 0. The van der Waals surface area contributed by atoms with Crippen LogP contribution in [0.1, 0.15) is 13.8 Å². The number of carbonyl (C=O) groups excluding carboxylic acids is 1. The van der Waals surface area contributed by atoms with Crippen LogP contribution in [0.5, 0.6) is 0 Å². The normalized spacial score (nSPS) is 10.9. The number of aliphatic hydroxyl groups excluding tert-OH is 1. The van der Waals surface area contributed by atoms with E-state index in [4.69, 9.17) is 5.11 Å². The maximum absolute atomic E-state index is 11.6. The number of hydrogen-bond donors (Lipinski definition) is 3. The van der Waals surface area contributed by atoms with Crippen LogP contribution in [0.15, 0.2) is 24.3 Å². The number of nitro groups is 1. The molecule has 0 aromatic heterocycles. The zero-order chi connectivity index (χ0) is 14.5. The molecule has 2 amide bonds. The quantitative estimate of drug-likeness (QED) is 0.558. The van der Waals surface area contributed by atoms with E-state index in [0.29, 0.717) is 12.2 Å². The molecular formula is C12H17N3O4. The van der Waals surface area contributed by atoms with Crippen LogP contribution in [0.25, 0.3) is 0 Å². The fourth-order valence-corrected chi connectivity index (χ4v) is 1.25. The summed E-state index contributed by atoms with van der Waals surface area (Å²) in [5, 5.41) is 24.7. The van der Waals surface area contributed by atoms with Gasteiger partial charge in [-0.1, -0.05) is 19.9 Å². The molecule has 0 saturated heterocycles. The van der Waals surface area contributed by atoms with Crippen LogP contribution in [-0.4, -0.2) is 29.2 Å². The highest BCUT2D eigenvalue weighted by Gasteiger charge is 2.17. The predicted octanol–water partition coefficient (Wildman–Crippen LogP) is 1.73. The Morgan fingerprint density at radius 2 is 2.16 bits per heavy atom. The maximum Gasteiger partial charge on any atom is 0.319 e. The van der Waals surface area contributed by atoms with Crippen molar-refractivity contribution in [1.29, 1.82) is 0 Å². The van der Waals surface area contributed by atoms with E-state index in [0.717, 1.165) is 0 Å². The van der Waals surface area contributed by atoms with Crippen molar-refractivity contribution in [3.05, 3.63) is 34.4 Å². The van der Waals surface area contributed by atoms with E-state index >= 15 is 0 Å². The Morgan fingerprint density at radius 1 is 1.47 bits per heavy atom. The third-order valence-electron chi connectivity index (χ3n) is 2.47. The van der Waals surface area contributed by atoms with Gasteiger partial charge in [0.1, 0.15) is 0 Å². The summed E-state index contributed by atoms with van der Waals surface area (Å²) >= 11 is 0. The average molecular weight is 267 g/mol. The number of urea groups is 1. The molecular weight excluding hydrogens is 250 g/mol. The fourth-order valence-electron chi connectivity index (χ4n) is 1.25. The largest absolute Gasteiger partial charge is 0.396 e. The number of benzene rings is 1. The number of aliphatic hydroxyl groups is 1. The summed E-state index contributed by atoms with van der Waals surface area (Å²) in [4.78, 5) is 21.6. The van der Waals surface area contributed by atoms with E-state index < -0.39 is 16.4 Å². The van der Waals surface area contributed by atoms with Gasteiger partial charge in [0.05, 0.1) is 4.92 Å². The predicted molar refractivity (Wildman–Crippen MR) is 71.0 cm³/mol. The first-order chi connectivity index (χ1) is 8.84. The maximum atomic E-state index is 11.6. The van der Waals surface area contributed by atoms with Crippen LogP contribution < -0.4 is 10.6 Å². The smallest absolute Gasteiger partial charge is 0.319 e. The summed E-state index contributed by atoms with van der Waals surface area (Å²) in [6, 6.07) is 5.20. The first-order valence-electron chi connectivity index (χ1n) is 5.74. The number of carbonyl (C=O) groups is 1. The molecule has 0 bridgehead atoms. The molecule has 0 aliphatic carbocycles. The van der Waals surface area contributed by atoms with E-state index in [2.05, 4.69) is 10.6 Å². The molecule has 1 aromatic rings. The topological polar surface area (TPSA) is 104 Å². The molecule has 7 nitrogen and oxygen atoms in total. The standard InChI is InChI=1S/C12H17N3O4/c1-12(2,8-16)7-13-11(17)14-9-4-3-5-10(6-9)15(18)19/h3-6,16H,7-8H2,1-2H3,(H2,13,14,17). The minimum absolute atomic E-state index is 0.0515. The molecule has 1 rings (SSSR count). The molecule has 0 aliphatic rings. The minimum Gasteiger partial charge on any atom is -0.396 e. The summed E-state index contributed by atoms with van der Waals surface area (Å²) < 4.78 is 0. The molecule has 1 aromatic carbocycles. The van der Waals surface area contributed by atoms with Crippen LogP contribution in [0, 0.1) is 15.5 Å². The molecule has 7 heteroatoms. The van der Waals surface area contributed by atoms with Crippen molar-refractivity contribution in [2.24, 2.45) is 5.41 Å². The SMILES string of the molecule is CC(C)(CO)CNC(=O)Nc1cccc([N+](=O)[O-])c1. The summed E-state index contributed by atoms with van der Waals surface area (Å²) in [7, 11) is 0. The second-order valence-corrected chi connectivity index (χ2v) is 4.94. The number of amides is 2. The average Bonchev–Trinajstić information content (AvgIpc) is 2.37. The Bertz CT molecular complexity index is 474.